The van der Waals surface area contributed by atoms with Crippen molar-refractivity contribution in [1.29, 1.82) is 0 Å². The molecule has 1 fully saturated rings. The SMILES string of the molecule is CNC(=O)C1CN(C2=NC(=O)/C(=C/c3ccc4c(cnn4Cc4ccc(C(F)(F)F)cc4C(F)(F)F)c3)S2)CCN1. The molecule has 0 spiro atoms. The van der Waals surface area contributed by atoms with Crippen LogP contribution in [0.5, 0.6) is 0 Å². The van der Waals surface area contributed by atoms with Crippen molar-refractivity contribution < 1.29 is 35.9 Å². The lowest BCUT2D eigenvalue weighted by Crippen LogP contribution is -2.57. The molecular weight excluding hydrogens is 574 g/mol. The molecule has 2 N–H and O–H groups in total. The van der Waals surface area contributed by atoms with Crippen LogP contribution in [0.3, 0.4) is 0 Å². The third-order valence-corrected chi connectivity index (χ3v) is 7.69. The summed E-state index contributed by atoms with van der Waals surface area (Å²) >= 11 is 1.18. The number of benzene rings is 2. The molecule has 2 amide bonds. The number of piperazine rings is 1. The number of fused-ring (bicyclic) bond motifs is 1. The monoisotopic (exact) mass is 596 g/mol. The molecule has 1 atom stereocenters. The summed E-state index contributed by atoms with van der Waals surface area (Å²) in [4.78, 5) is 31.0. The second-order valence-electron chi connectivity index (χ2n) is 9.37. The molecule has 2 aliphatic rings. The Hall–Kier alpha value is -3.85. The van der Waals surface area contributed by atoms with E-state index in [1.807, 2.05) is 4.90 Å². The van der Waals surface area contributed by atoms with E-state index in [4.69, 9.17) is 0 Å². The number of hydrogen-bond donors (Lipinski definition) is 2. The van der Waals surface area contributed by atoms with Crippen molar-refractivity contribution in [3.05, 3.63) is 69.8 Å². The van der Waals surface area contributed by atoms with E-state index in [2.05, 4.69) is 20.7 Å². The van der Waals surface area contributed by atoms with Crippen molar-refractivity contribution in [3.8, 4) is 0 Å². The van der Waals surface area contributed by atoms with E-state index in [0.717, 1.165) is 6.07 Å². The molecule has 2 aromatic carbocycles. The lowest BCUT2D eigenvalue weighted by molar-refractivity contribution is -0.143. The Morgan fingerprint density at radius 2 is 1.93 bits per heavy atom. The van der Waals surface area contributed by atoms with E-state index >= 15 is 0 Å². The fraction of sp³-hybridized carbons (Fsp3) is 0.308. The van der Waals surface area contributed by atoms with Crippen LogP contribution in [0.25, 0.3) is 17.0 Å². The molecule has 2 aliphatic heterocycles. The van der Waals surface area contributed by atoms with Crippen LogP contribution in [-0.4, -0.2) is 64.4 Å². The van der Waals surface area contributed by atoms with Crippen LogP contribution >= 0.6 is 11.8 Å². The number of likely N-dealkylation sites (N-methyl/N-ethyl adjacent to an activating group) is 1. The second-order valence-corrected chi connectivity index (χ2v) is 10.4. The summed E-state index contributed by atoms with van der Waals surface area (Å²) in [7, 11) is 1.55. The number of thioether (sulfide) groups is 1. The lowest BCUT2D eigenvalue weighted by Gasteiger charge is -2.33. The number of alkyl halides is 6. The Morgan fingerprint density at radius 1 is 1.15 bits per heavy atom. The van der Waals surface area contributed by atoms with E-state index in [1.165, 1.54) is 22.6 Å². The predicted octanol–water partition coefficient (Wildman–Crippen LogP) is 4.11. The predicted molar refractivity (Wildman–Crippen MR) is 141 cm³/mol. The van der Waals surface area contributed by atoms with Gasteiger partial charge in [0.2, 0.25) is 5.91 Å². The molecule has 0 aliphatic carbocycles. The highest BCUT2D eigenvalue weighted by atomic mass is 32.2. The first-order valence-corrected chi connectivity index (χ1v) is 13.1. The number of hydrogen-bond acceptors (Lipinski definition) is 6. The summed E-state index contributed by atoms with van der Waals surface area (Å²) in [5.41, 5.74) is -2.03. The van der Waals surface area contributed by atoms with Gasteiger partial charge in [0.15, 0.2) is 5.17 Å². The van der Waals surface area contributed by atoms with Crippen LogP contribution in [-0.2, 0) is 28.5 Å². The van der Waals surface area contributed by atoms with E-state index < -0.39 is 42.0 Å². The standard InChI is InChI=1S/C26H22F6N6O2S/c1-33-22(39)19-13-37(7-6-34-19)24-36-23(40)21(41-24)9-14-2-5-20-16(8-14)11-35-38(20)12-15-3-4-17(25(27,28)29)10-18(15)26(30,31)32/h2-5,8-11,19,34H,6-7,12-13H2,1H3,(H,33,39)/b21-9-. The Labute approximate surface area is 233 Å². The van der Waals surface area contributed by atoms with Gasteiger partial charge in [-0.2, -0.15) is 36.4 Å². The molecular formula is C26H22F6N6O2S. The van der Waals surface area contributed by atoms with Crippen molar-refractivity contribution in [2.45, 2.75) is 24.9 Å². The fourth-order valence-corrected chi connectivity index (χ4v) is 5.54. The van der Waals surface area contributed by atoms with Crippen LogP contribution in [0, 0.1) is 0 Å². The Balaban J connectivity index is 1.35. The average Bonchev–Trinajstić information content (AvgIpc) is 3.49. The van der Waals surface area contributed by atoms with Gasteiger partial charge in [0, 0.05) is 32.1 Å². The average molecular weight is 597 g/mol. The first-order valence-electron chi connectivity index (χ1n) is 12.3. The Bertz CT molecular complexity index is 1580. The van der Waals surface area contributed by atoms with Crippen LogP contribution in [0.1, 0.15) is 22.3 Å². The minimum atomic E-state index is -4.99. The highest BCUT2D eigenvalue weighted by Crippen LogP contribution is 2.38. The number of aromatic nitrogens is 2. The zero-order valence-electron chi connectivity index (χ0n) is 21.3. The molecule has 5 rings (SSSR count). The summed E-state index contributed by atoms with van der Waals surface area (Å²) in [6.07, 6.45) is -6.83. The number of carbonyl (C=O) groups is 2. The molecule has 15 heteroatoms. The van der Waals surface area contributed by atoms with E-state index in [9.17, 15) is 35.9 Å². The van der Waals surface area contributed by atoms with Crippen LogP contribution in [0.15, 0.2) is 52.5 Å². The molecule has 8 nitrogen and oxygen atoms in total. The van der Waals surface area contributed by atoms with Crippen LogP contribution in [0.2, 0.25) is 0 Å². The summed E-state index contributed by atoms with van der Waals surface area (Å²) < 4.78 is 81.1. The van der Waals surface area contributed by atoms with Gasteiger partial charge in [-0.3, -0.25) is 14.3 Å². The highest BCUT2D eigenvalue weighted by Gasteiger charge is 2.38. The van der Waals surface area contributed by atoms with Crippen molar-refractivity contribution in [2.75, 3.05) is 26.7 Å². The molecule has 0 bridgehead atoms. The normalized spacial score (nSPS) is 19.2. The Morgan fingerprint density at radius 3 is 2.63 bits per heavy atom. The van der Waals surface area contributed by atoms with Gasteiger partial charge in [0.1, 0.15) is 6.04 Å². The number of rotatable bonds is 4. The van der Waals surface area contributed by atoms with E-state index in [0.29, 0.717) is 52.2 Å². The van der Waals surface area contributed by atoms with Crippen LogP contribution < -0.4 is 10.6 Å². The lowest BCUT2D eigenvalue weighted by atomic mass is 10.0. The van der Waals surface area contributed by atoms with Gasteiger partial charge in [0.05, 0.1) is 34.3 Å². The first-order chi connectivity index (χ1) is 19.3. The van der Waals surface area contributed by atoms with Gasteiger partial charge >= 0.3 is 12.4 Å². The van der Waals surface area contributed by atoms with Crippen molar-refractivity contribution in [2.24, 2.45) is 4.99 Å². The van der Waals surface area contributed by atoms with Crippen molar-refractivity contribution in [3.63, 3.8) is 0 Å². The number of amidine groups is 1. The molecule has 41 heavy (non-hydrogen) atoms. The first kappa shape index (κ1) is 28.7. The minimum Gasteiger partial charge on any atom is -0.358 e. The molecule has 3 aromatic rings. The molecule has 3 heterocycles. The quantitative estimate of drug-likeness (QED) is 0.348. The van der Waals surface area contributed by atoms with Gasteiger partial charge < -0.3 is 15.5 Å². The molecule has 0 radical (unpaired) electrons. The number of nitrogens with one attached hydrogen (secondary N) is 2. The Kier molecular flexibility index (Phi) is 7.59. The maximum absolute atomic E-state index is 13.6. The minimum absolute atomic E-state index is 0.108. The maximum Gasteiger partial charge on any atom is 0.416 e. The summed E-state index contributed by atoms with van der Waals surface area (Å²) in [5, 5.41) is 10.9. The summed E-state index contributed by atoms with van der Waals surface area (Å²) in [6, 6.07) is 6.07. The third-order valence-electron chi connectivity index (χ3n) is 6.64. The molecule has 1 saturated heterocycles. The fourth-order valence-electron chi connectivity index (χ4n) is 4.60. The summed E-state index contributed by atoms with van der Waals surface area (Å²) in [6.45, 7) is 1.07. The topological polar surface area (TPSA) is 91.6 Å². The number of aliphatic imine (C=N–C) groups is 1. The van der Waals surface area contributed by atoms with Gasteiger partial charge in [-0.05, 0) is 53.2 Å². The second kappa shape index (κ2) is 10.9. The van der Waals surface area contributed by atoms with Crippen molar-refractivity contribution >= 4 is 45.7 Å². The van der Waals surface area contributed by atoms with Crippen LogP contribution in [0.4, 0.5) is 26.3 Å². The smallest absolute Gasteiger partial charge is 0.358 e. The van der Waals surface area contributed by atoms with Gasteiger partial charge in [-0.15, -0.1) is 0 Å². The van der Waals surface area contributed by atoms with Gasteiger partial charge in [0.25, 0.3) is 5.91 Å². The molecule has 0 saturated carbocycles. The maximum atomic E-state index is 13.6. The molecule has 1 aromatic heterocycles. The third kappa shape index (κ3) is 6.10. The van der Waals surface area contributed by atoms with Gasteiger partial charge in [-0.1, -0.05) is 12.1 Å². The number of nitrogens with zero attached hydrogens (tertiary/aromatic N) is 4. The van der Waals surface area contributed by atoms with Crippen molar-refractivity contribution in [1.82, 2.24) is 25.3 Å². The zero-order chi connectivity index (χ0) is 29.5. The van der Waals surface area contributed by atoms with E-state index in [1.54, 1.807) is 31.3 Å². The van der Waals surface area contributed by atoms with E-state index in [-0.39, 0.29) is 17.5 Å². The number of halogens is 6. The summed E-state index contributed by atoms with van der Waals surface area (Å²) in [5.74, 6) is -0.597. The highest BCUT2D eigenvalue weighted by molar-refractivity contribution is 8.18. The number of carbonyl (C=O) groups excluding carboxylic acids is 2. The largest absolute Gasteiger partial charge is 0.416 e. The zero-order valence-corrected chi connectivity index (χ0v) is 22.1. The molecule has 216 valence electrons. The van der Waals surface area contributed by atoms with Gasteiger partial charge in [-0.25, -0.2) is 0 Å². The number of amides is 2. The molecule has 1 unspecified atom stereocenters.